The Balaban J connectivity index is 1.22. The number of ether oxygens (including phenoxy) is 1. The summed E-state index contributed by atoms with van der Waals surface area (Å²) >= 11 is 0. The van der Waals surface area contributed by atoms with Gasteiger partial charge in [0.15, 0.2) is 0 Å². The molecule has 0 aliphatic carbocycles. The van der Waals surface area contributed by atoms with Crippen LogP contribution in [0.5, 0.6) is 5.75 Å². The second-order valence-electron chi connectivity index (χ2n) is 8.49. The van der Waals surface area contributed by atoms with Gasteiger partial charge < -0.3 is 25.8 Å². The van der Waals surface area contributed by atoms with Gasteiger partial charge in [-0.25, -0.2) is 4.98 Å². The molecule has 5 N–H and O–H groups in total. The van der Waals surface area contributed by atoms with Crippen LogP contribution < -0.4 is 15.8 Å². The molecule has 172 valence electrons. The second kappa shape index (κ2) is 8.87. The third kappa shape index (κ3) is 4.39. The highest BCUT2D eigenvalue weighted by Crippen LogP contribution is 2.31. The van der Waals surface area contributed by atoms with E-state index in [4.69, 9.17) is 10.5 Å². The normalized spacial score (nSPS) is 11.2. The van der Waals surface area contributed by atoms with E-state index in [0.717, 1.165) is 44.5 Å². The van der Waals surface area contributed by atoms with Gasteiger partial charge in [-0.2, -0.15) is 4.98 Å². The Bertz CT molecular complexity index is 1620. The quantitative estimate of drug-likeness (QED) is 0.236. The molecule has 7 nitrogen and oxygen atoms in total. The first-order valence-electron chi connectivity index (χ1n) is 11.4. The van der Waals surface area contributed by atoms with Gasteiger partial charge in [0.25, 0.3) is 0 Å². The van der Waals surface area contributed by atoms with Gasteiger partial charge in [-0.1, -0.05) is 36.4 Å². The summed E-state index contributed by atoms with van der Waals surface area (Å²) in [7, 11) is 0. The third-order valence-corrected chi connectivity index (χ3v) is 6.05. The number of benzene rings is 3. The fourth-order valence-corrected chi connectivity index (χ4v) is 4.24. The number of aromatic amines is 2. The molecule has 0 aliphatic rings. The maximum absolute atomic E-state index is 6.32. The molecule has 6 aromatic rings. The van der Waals surface area contributed by atoms with E-state index in [1.54, 1.807) is 6.20 Å². The molecule has 0 spiro atoms. The zero-order valence-electron chi connectivity index (χ0n) is 19.0. The topological polar surface area (TPSA) is 105 Å². The van der Waals surface area contributed by atoms with E-state index in [1.165, 1.54) is 5.39 Å². The van der Waals surface area contributed by atoms with Crippen molar-refractivity contribution >= 4 is 39.3 Å². The van der Waals surface area contributed by atoms with E-state index >= 15 is 0 Å². The number of H-pyrrole nitrogens is 2. The van der Waals surface area contributed by atoms with Crippen LogP contribution in [0.25, 0.3) is 21.8 Å². The van der Waals surface area contributed by atoms with Gasteiger partial charge in [-0.3, -0.25) is 0 Å². The van der Waals surface area contributed by atoms with Crippen LogP contribution in [0.1, 0.15) is 16.7 Å². The Morgan fingerprint density at radius 2 is 1.71 bits per heavy atom. The monoisotopic (exact) mass is 460 g/mol. The first kappa shape index (κ1) is 20.8. The molecule has 0 saturated heterocycles. The second-order valence-corrected chi connectivity index (χ2v) is 8.49. The summed E-state index contributed by atoms with van der Waals surface area (Å²) < 4.78 is 6.05. The van der Waals surface area contributed by atoms with Crippen molar-refractivity contribution in [3.8, 4) is 5.75 Å². The molecule has 0 fully saturated rings. The fourth-order valence-electron chi connectivity index (χ4n) is 4.24. The Kier molecular flexibility index (Phi) is 5.27. The van der Waals surface area contributed by atoms with E-state index in [-0.39, 0.29) is 0 Å². The number of rotatable bonds is 7. The summed E-state index contributed by atoms with van der Waals surface area (Å²) in [4.78, 5) is 15.5. The first-order chi connectivity index (χ1) is 17.2. The van der Waals surface area contributed by atoms with Crippen molar-refractivity contribution in [2.45, 2.75) is 13.0 Å². The van der Waals surface area contributed by atoms with Crippen molar-refractivity contribution < 1.29 is 4.74 Å². The fraction of sp³-hybridized carbons (Fsp3) is 0.0714. The maximum atomic E-state index is 6.32. The molecule has 3 aromatic heterocycles. The number of hydrogen-bond acceptors (Lipinski definition) is 5. The van der Waals surface area contributed by atoms with E-state index in [9.17, 15) is 0 Å². The summed E-state index contributed by atoms with van der Waals surface area (Å²) in [6.45, 7) is 0.485. The highest BCUT2D eigenvalue weighted by Gasteiger charge is 2.11. The summed E-state index contributed by atoms with van der Waals surface area (Å²) in [5.41, 5.74) is 12.4. The average molecular weight is 461 g/mol. The van der Waals surface area contributed by atoms with Crippen molar-refractivity contribution in [1.29, 1.82) is 0 Å². The molecule has 0 aliphatic heterocycles. The van der Waals surface area contributed by atoms with Crippen LogP contribution in [-0.2, 0) is 13.0 Å². The van der Waals surface area contributed by atoms with Crippen LogP contribution in [0.2, 0.25) is 0 Å². The number of nitrogens with one attached hydrogen (secondary N) is 3. The number of anilines is 3. The van der Waals surface area contributed by atoms with Crippen LogP contribution in [0.15, 0.2) is 91.4 Å². The van der Waals surface area contributed by atoms with Crippen LogP contribution in [-0.4, -0.2) is 19.9 Å². The van der Waals surface area contributed by atoms with Gasteiger partial charge in [0, 0.05) is 53.6 Å². The van der Waals surface area contributed by atoms with Crippen LogP contribution in [0, 0.1) is 0 Å². The van der Waals surface area contributed by atoms with Gasteiger partial charge in [0.2, 0.25) is 5.95 Å². The molecule has 0 amide bonds. The van der Waals surface area contributed by atoms with Gasteiger partial charge in [0.05, 0.1) is 11.2 Å². The maximum Gasteiger partial charge on any atom is 0.229 e. The zero-order chi connectivity index (χ0) is 23.6. The Morgan fingerprint density at radius 1 is 0.857 bits per heavy atom. The Hall–Kier alpha value is -4.78. The third-order valence-electron chi connectivity index (χ3n) is 6.05. The van der Waals surface area contributed by atoms with E-state index < -0.39 is 0 Å². The molecule has 0 saturated carbocycles. The highest BCUT2D eigenvalue weighted by atomic mass is 16.5. The lowest BCUT2D eigenvalue weighted by Gasteiger charge is -2.12. The van der Waals surface area contributed by atoms with Crippen molar-refractivity contribution in [2.24, 2.45) is 0 Å². The molecule has 0 atom stereocenters. The number of fused-ring (bicyclic) bond motifs is 2. The summed E-state index contributed by atoms with van der Waals surface area (Å²) in [6, 6.07) is 24.4. The lowest BCUT2D eigenvalue weighted by Crippen LogP contribution is -2.05. The minimum atomic E-state index is 0.440. The lowest BCUT2D eigenvalue weighted by atomic mass is 10.1. The SMILES string of the molecule is Nc1nc(Nc2cc(OCc3ccccc3)cc3[nH]ccc23)ncc1Cc1ccc2[nH]ccc2c1. The van der Waals surface area contributed by atoms with Gasteiger partial charge in [-0.05, 0) is 40.8 Å². The van der Waals surface area contributed by atoms with Crippen molar-refractivity contribution in [2.75, 3.05) is 11.1 Å². The number of nitrogen functional groups attached to an aromatic ring is 1. The average Bonchev–Trinajstić information content (AvgIpc) is 3.54. The number of nitrogens with two attached hydrogens (primary N) is 1. The molecular formula is C28H24N6O. The molecule has 0 unspecified atom stereocenters. The molecule has 35 heavy (non-hydrogen) atoms. The molecule has 3 aromatic carbocycles. The van der Waals surface area contributed by atoms with Crippen molar-refractivity contribution in [3.05, 3.63) is 108 Å². The molecule has 0 bridgehead atoms. The molecule has 7 heteroatoms. The highest BCUT2D eigenvalue weighted by molar-refractivity contribution is 5.94. The number of hydrogen-bond donors (Lipinski definition) is 4. The number of aromatic nitrogens is 4. The van der Waals surface area contributed by atoms with E-state index in [0.29, 0.717) is 24.8 Å². The minimum absolute atomic E-state index is 0.440. The Morgan fingerprint density at radius 3 is 2.60 bits per heavy atom. The largest absolute Gasteiger partial charge is 0.489 e. The molecule has 0 radical (unpaired) electrons. The molecule has 3 heterocycles. The smallest absolute Gasteiger partial charge is 0.229 e. The number of nitrogens with zero attached hydrogens (tertiary/aromatic N) is 2. The summed E-state index contributed by atoms with van der Waals surface area (Å²) in [5.74, 6) is 1.64. The summed E-state index contributed by atoms with van der Waals surface area (Å²) in [5, 5.41) is 5.51. The minimum Gasteiger partial charge on any atom is -0.489 e. The van der Waals surface area contributed by atoms with E-state index in [2.05, 4.69) is 49.5 Å². The summed E-state index contributed by atoms with van der Waals surface area (Å²) in [6.07, 6.45) is 6.29. The first-order valence-corrected chi connectivity index (χ1v) is 11.4. The predicted molar refractivity (Wildman–Crippen MR) is 140 cm³/mol. The molecular weight excluding hydrogens is 436 g/mol. The van der Waals surface area contributed by atoms with Crippen LogP contribution >= 0.6 is 0 Å². The van der Waals surface area contributed by atoms with Crippen LogP contribution in [0.4, 0.5) is 17.5 Å². The van der Waals surface area contributed by atoms with Gasteiger partial charge >= 0.3 is 0 Å². The van der Waals surface area contributed by atoms with Crippen LogP contribution in [0.3, 0.4) is 0 Å². The van der Waals surface area contributed by atoms with Crippen molar-refractivity contribution in [1.82, 2.24) is 19.9 Å². The van der Waals surface area contributed by atoms with E-state index in [1.807, 2.05) is 60.9 Å². The zero-order valence-corrected chi connectivity index (χ0v) is 19.0. The predicted octanol–water partition coefficient (Wildman–Crippen LogP) is 5.93. The Labute approximate surface area is 202 Å². The lowest BCUT2D eigenvalue weighted by molar-refractivity contribution is 0.307. The van der Waals surface area contributed by atoms with Gasteiger partial charge in [0.1, 0.15) is 18.2 Å². The van der Waals surface area contributed by atoms with Crippen molar-refractivity contribution in [3.63, 3.8) is 0 Å². The standard InChI is InChI=1S/C28H24N6O/c29-27-21(13-19-6-7-24-20(12-19)8-10-30-24)16-32-28(34-27)33-26-15-22(14-25-23(26)9-11-31-25)35-17-18-4-2-1-3-5-18/h1-12,14-16,30-31H,13,17H2,(H3,29,32,33,34). The molecule has 6 rings (SSSR count). The van der Waals surface area contributed by atoms with Gasteiger partial charge in [-0.15, -0.1) is 0 Å².